The minimum absolute atomic E-state index is 0.126. The molecule has 0 heterocycles. The maximum Gasteiger partial charge on any atom is 0.243 e. The van der Waals surface area contributed by atoms with Gasteiger partial charge < -0.3 is 16.0 Å². The Balaban J connectivity index is 1.88. The summed E-state index contributed by atoms with van der Waals surface area (Å²) in [5.41, 5.74) is 4.62. The topological polar surface area (TPSA) is 70.2 Å². The second-order valence-corrected chi connectivity index (χ2v) is 5.54. The lowest BCUT2D eigenvalue weighted by atomic mass is 10.1. The van der Waals surface area contributed by atoms with Crippen LogP contribution >= 0.6 is 0 Å². The summed E-state index contributed by atoms with van der Waals surface area (Å²) in [4.78, 5) is 22.9. The summed E-state index contributed by atoms with van der Waals surface area (Å²) in [6.45, 7) is 5.69. The van der Waals surface area contributed by atoms with Gasteiger partial charge in [-0.05, 0) is 61.4 Å². The van der Waals surface area contributed by atoms with Crippen LogP contribution in [0.4, 0.5) is 17.1 Å². The van der Waals surface area contributed by atoms with Gasteiger partial charge in [-0.3, -0.25) is 9.59 Å². The summed E-state index contributed by atoms with van der Waals surface area (Å²) in [7, 11) is 0. The van der Waals surface area contributed by atoms with E-state index in [1.165, 1.54) is 6.92 Å². The molecule has 0 saturated heterocycles. The maximum absolute atomic E-state index is 12.0. The predicted molar refractivity (Wildman–Crippen MR) is 93.8 cm³/mol. The van der Waals surface area contributed by atoms with Crippen LogP contribution in [0.1, 0.15) is 18.1 Å². The molecule has 0 aliphatic heterocycles. The van der Waals surface area contributed by atoms with Gasteiger partial charge in [0.2, 0.25) is 11.8 Å². The van der Waals surface area contributed by atoms with E-state index in [4.69, 9.17) is 0 Å². The Labute approximate surface area is 136 Å². The smallest absolute Gasteiger partial charge is 0.243 e. The molecule has 0 spiro atoms. The minimum Gasteiger partial charge on any atom is -0.376 e. The molecule has 0 fully saturated rings. The third kappa shape index (κ3) is 5.47. The predicted octanol–water partition coefficient (Wildman–Crippen LogP) is 3.31. The summed E-state index contributed by atoms with van der Waals surface area (Å²) in [5.74, 6) is -0.254. The highest BCUT2D eigenvalue weighted by Gasteiger charge is 2.03. The van der Waals surface area contributed by atoms with Crippen LogP contribution in [0.15, 0.2) is 42.5 Å². The van der Waals surface area contributed by atoms with Gasteiger partial charge in [0.25, 0.3) is 0 Å². The number of rotatable bonds is 5. The van der Waals surface area contributed by atoms with Crippen LogP contribution in [0, 0.1) is 13.8 Å². The molecule has 0 aliphatic carbocycles. The molecule has 0 unspecified atom stereocenters. The van der Waals surface area contributed by atoms with Gasteiger partial charge in [0.05, 0.1) is 6.54 Å². The van der Waals surface area contributed by atoms with Crippen molar-refractivity contribution in [2.24, 2.45) is 0 Å². The number of hydrogen-bond acceptors (Lipinski definition) is 3. The lowest BCUT2D eigenvalue weighted by molar-refractivity contribution is -0.115. The fourth-order valence-electron chi connectivity index (χ4n) is 2.30. The summed E-state index contributed by atoms with van der Waals surface area (Å²) in [6.07, 6.45) is 0. The van der Waals surface area contributed by atoms with Crippen molar-refractivity contribution < 1.29 is 9.59 Å². The molecular weight excluding hydrogens is 290 g/mol. The van der Waals surface area contributed by atoms with E-state index in [1.807, 2.05) is 26.0 Å². The largest absolute Gasteiger partial charge is 0.376 e. The summed E-state index contributed by atoms with van der Waals surface area (Å²) in [6, 6.07) is 13.1. The van der Waals surface area contributed by atoms with Crippen molar-refractivity contribution in [3.63, 3.8) is 0 Å². The zero-order valence-corrected chi connectivity index (χ0v) is 13.6. The van der Waals surface area contributed by atoms with E-state index in [-0.39, 0.29) is 18.4 Å². The van der Waals surface area contributed by atoms with Crippen LogP contribution in [0.2, 0.25) is 0 Å². The van der Waals surface area contributed by atoms with E-state index < -0.39 is 0 Å². The van der Waals surface area contributed by atoms with E-state index in [2.05, 4.69) is 22.0 Å². The minimum atomic E-state index is -0.128. The number of hydrogen-bond donors (Lipinski definition) is 3. The average Bonchev–Trinajstić information content (AvgIpc) is 2.46. The highest BCUT2D eigenvalue weighted by atomic mass is 16.2. The van der Waals surface area contributed by atoms with Gasteiger partial charge in [-0.25, -0.2) is 0 Å². The number of nitrogens with one attached hydrogen (secondary N) is 3. The molecule has 5 nitrogen and oxygen atoms in total. The Morgan fingerprint density at radius 1 is 0.826 bits per heavy atom. The molecule has 3 N–H and O–H groups in total. The third-order valence-electron chi connectivity index (χ3n) is 3.16. The van der Waals surface area contributed by atoms with Crippen molar-refractivity contribution in [3.8, 4) is 0 Å². The molecule has 5 heteroatoms. The monoisotopic (exact) mass is 311 g/mol. The van der Waals surface area contributed by atoms with Crippen LogP contribution in [0.5, 0.6) is 0 Å². The highest BCUT2D eigenvalue weighted by Crippen LogP contribution is 2.15. The standard InChI is InChI=1S/C18H21N3O2/c1-12-8-13(2)10-17(9-12)19-11-18(23)21-16-6-4-15(5-7-16)20-14(3)22/h4-10,19H,11H2,1-3H3,(H,20,22)(H,21,23). The number of carbonyl (C=O) groups is 2. The average molecular weight is 311 g/mol. The Bertz CT molecular complexity index is 688. The van der Waals surface area contributed by atoms with Crippen LogP contribution in [0.25, 0.3) is 0 Å². The van der Waals surface area contributed by atoms with Crippen molar-refractivity contribution >= 4 is 28.9 Å². The second kappa shape index (κ2) is 7.45. The number of benzene rings is 2. The summed E-state index contributed by atoms with van der Waals surface area (Å²) in [5, 5.41) is 8.60. The number of aryl methyl sites for hydroxylation is 2. The van der Waals surface area contributed by atoms with Crippen LogP contribution in [-0.2, 0) is 9.59 Å². The van der Waals surface area contributed by atoms with E-state index in [1.54, 1.807) is 24.3 Å². The Hall–Kier alpha value is -2.82. The first-order chi connectivity index (χ1) is 10.9. The summed E-state index contributed by atoms with van der Waals surface area (Å²) >= 11 is 0. The van der Waals surface area contributed by atoms with Crippen molar-refractivity contribution in [1.29, 1.82) is 0 Å². The molecule has 2 aromatic carbocycles. The fourth-order valence-corrected chi connectivity index (χ4v) is 2.30. The van der Waals surface area contributed by atoms with Gasteiger partial charge in [-0.15, -0.1) is 0 Å². The van der Waals surface area contributed by atoms with E-state index in [9.17, 15) is 9.59 Å². The highest BCUT2D eigenvalue weighted by molar-refractivity contribution is 5.94. The molecule has 2 rings (SSSR count). The molecule has 0 aromatic heterocycles. The number of amides is 2. The zero-order chi connectivity index (χ0) is 16.8. The van der Waals surface area contributed by atoms with Crippen molar-refractivity contribution in [1.82, 2.24) is 0 Å². The SMILES string of the molecule is CC(=O)Nc1ccc(NC(=O)CNc2cc(C)cc(C)c2)cc1. The number of anilines is 3. The van der Waals surface area contributed by atoms with Crippen molar-refractivity contribution in [2.75, 3.05) is 22.5 Å². The van der Waals surface area contributed by atoms with E-state index in [0.717, 1.165) is 16.8 Å². The molecular formula is C18H21N3O2. The first-order valence-corrected chi connectivity index (χ1v) is 7.42. The lowest BCUT2D eigenvalue weighted by Crippen LogP contribution is -2.21. The van der Waals surface area contributed by atoms with Gasteiger partial charge in [-0.1, -0.05) is 6.07 Å². The van der Waals surface area contributed by atoms with Gasteiger partial charge in [0, 0.05) is 24.0 Å². The Morgan fingerprint density at radius 3 is 1.87 bits per heavy atom. The molecule has 23 heavy (non-hydrogen) atoms. The Morgan fingerprint density at radius 2 is 1.35 bits per heavy atom. The van der Waals surface area contributed by atoms with Crippen molar-refractivity contribution in [2.45, 2.75) is 20.8 Å². The molecule has 0 radical (unpaired) electrons. The van der Waals surface area contributed by atoms with Gasteiger partial charge >= 0.3 is 0 Å². The lowest BCUT2D eigenvalue weighted by Gasteiger charge is -2.10. The molecule has 2 aromatic rings. The number of carbonyl (C=O) groups excluding carboxylic acids is 2. The molecule has 0 saturated carbocycles. The van der Waals surface area contributed by atoms with Crippen LogP contribution in [-0.4, -0.2) is 18.4 Å². The van der Waals surface area contributed by atoms with Gasteiger partial charge in [0.1, 0.15) is 0 Å². The van der Waals surface area contributed by atoms with Gasteiger partial charge in [0.15, 0.2) is 0 Å². The Kier molecular flexibility index (Phi) is 5.36. The maximum atomic E-state index is 12.0. The molecule has 0 atom stereocenters. The first kappa shape index (κ1) is 16.5. The molecule has 0 aliphatic rings. The zero-order valence-electron chi connectivity index (χ0n) is 13.6. The van der Waals surface area contributed by atoms with Crippen LogP contribution in [0.3, 0.4) is 0 Å². The van der Waals surface area contributed by atoms with E-state index >= 15 is 0 Å². The second-order valence-electron chi connectivity index (χ2n) is 5.54. The van der Waals surface area contributed by atoms with E-state index in [0.29, 0.717) is 11.4 Å². The molecule has 2 amide bonds. The molecule has 120 valence electrons. The summed E-state index contributed by atoms with van der Waals surface area (Å²) < 4.78 is 0. The van der Waals surface area contributed by atoms with Crippen molar-refractivity contribution in [3.05, 3.63) is 53.6 Å². The quantitative estimate of drug-likeness (QED) is 0.793. The normalized spacial score (nSPS) is 10.0. The fraction of sp³-hybridized carbons (Fsp3) is 0.222. The van der Waals surface area contributed by atoms with Gasteiger partial charge in [-0.2, -0.15) is 0 Å². The first-order valence-electron chi connectivity index (χ1n) is 7.42. The third-order valence-corrected chi connectivity index (χ3v) is 3.16. The molecule has 0 bridgehead atoms. The van der Waals surface area contributed by atoms with Crippen LogP contribution < -0.4 is 16.0 Å².